The average Bonchev–Trinajstić information content (AvgIpc) is 3.63. The van der Waals surface area contributed by atoms with Gasteiger partial charge in [-0.05, 0) is 79.0 Å². The largest absolute Gasteiger partial charge is 0.480 e. The van der Waals surface area contributed by atoms with Crippen LogP contribution >= 0.6 is 0 Å². The van der Waals surface area contributed by atoms with Crippen LogP contribution in [0.5, 0.6) is 0 Å². The number of rotatable bonds is 31. The minimum absolute atomic E-state index is 0.000453. The molecule has 20 heteroatoms. The van der Waals surface area contributed by atoms with Gasteiger partial charge < -0.3 is 39.7 Å². The Labute approximate surface area is 495 Å². The van der Waals surface area contributed by atoms with Crippen LogP contribution in [0.15, 0.2) is 121 Å². The molecule has 0 unspecified atom stereocenters. The third-order valence-corrected chi connectivity index (χ3v) is 14.1. The molecule has 0 radical (unpaired) electrons. The molecule has 0 bridgehead atoms. The summed E-state index contributed by atoms with van der Waals surface area (Å²) in [5.41, 5.74) is 2.57. The van der Waals surface area contributed by atoms with Gasteiger partial charge in [0.25, 0.3) is 17.7 Å². The molecule has 1 heterocycles. The number of urea groups is 4. The van der Waals surface area contributed by atoms with Crippen molar-refractivity contribution in [1.29, 1.82) is 0 Å². The Morgan fingerprint density at radius 1 is 0.571 bits per heavy atom. The molecule has 0 spiro atoms. The molecular weight excluding hydrogens is 1070 g/mol. The molecule has 0 atom stereocenters. The number of ether oxygens (including phenoxy) is 1. The quantitative estimate of drug-likeness (QED) is 0.0453. The zero-order chi connectivity index (χ0) is 61.0. The molecule has 4 aromatic carbocycles. The minimum atomic E-state index is -1.56. The number of carboxylic acids is 1. The number of hydrogen-bond acceptors (Lipinski definition) is 10. The first-order valence-electron chi connectivity index (χ1n) is 29.3. The summed E-state index contributed by atoms with van der Waals surface area (Å²) in [6.07, 6.45) is 3.64. The van der Waals surface area contributed by atoms with E-state index < -0.39 is 74.0 Å². The van der Waals surface area contributed by atoms with Crippen LogP contribution < -0.4 is 5.32 Å². The number of amides is 12. The smallest absolute Gasteiger partial charge is 0.327 e. The molecule has 454 valence electrons. The highest BCUT2D eigenvalue weighted by molar-refractivity contribution is 6.06. The van der Waals surface area contributed by atoms with Gasteiger partial charge in [0, 0.05) is 85.1 Å². The lowest BCUT2D eigenvalue weighted by molar-refractivity contribution is -0.144. The van der Waals surface area contributed by atoms with E-state index in [-0.39, 0.29) is 76.6 Å². The van der Waals surface area contributed by atoms with Gasteiger partial charge in [0.2, 0.25) is 5.91 Å². The molecule has 1 fully saturated rings. The van der Waals surface area contributed by atoms with E-state index in [2.05, 4.69) is 19.2 Å². The second-order valence-electron chi connectivity index (χ2n) is 22.7. The van der Waals surface area contributed by atoms with E-state index in [1.54, 1.807) is 82.6 Å². The Morgan fingerprint density at radius 2 is 0.988 bits per heavy atom. The van der Waals surface area contributed by atoms with Crippen molar-refractivity contribution in [1.82, 2.24) is 44.5 Å². The van der Waals surface area contributed by atoms with Gasteiger partial charge in [-0.3, -0.25) is 38.7 Å². The van der Waals surface area contributed by atoms with Crippen LogP contribution in [0.25, 0.3) is 0 Å². The molecule has 0 aliphatic carbocycles. The zero-order valence-corrected chi connectivity index (χ0v) is 50.0. The summed E-state index contributed by atoms with van der Waals surface area (Å²) < 4.78 is 5.62. The number of benzene rings is 4. The Bertz CT molecular complexity index is 2750. The molecule has 0 saturated carbocycles. The highest BCUT2D eigenvalue weighted by Crippen LogP contribution is 2.22. The fraction of sp³-hybridized carbons (Fsp3) is 0.484. The van der Waals surface area contributed by atoms with E-state index in [9.17, 15) is 29.1 Å². The van der Waals surface area contributed by atoms with Gasteiger partial charge in [-0.1, -0.05) is 156 Å². The van der Waals surface area contributed by atoms with Crippen molar-refractivity contribution in [3.05, 3.63) is 144 Å². The number of carbonyl (C=O) groups excluding carboxylic acids is 8. The lowest BCUT2D eigenvalue weighted by atomic mass is 9.92. The van der Waals surface area contributed by atoms with E-state index in [4.69, 9.17) is 4.74 Å². The average molecular weight is 1160 g/mol. The van der Waals surface area contributed by atoms with Gasteiger partial charge in [-0.25, -0.2) is 19.2 Å². The van der Waals surface area contributed by atoms with E-state index in [0.717, 1.165) is 12.0 Å². The SMILES string of the molecule is CCOCCCN(Cc1ccccc1)C(=O)N(CC(=O)N(CC(=O)O)C(=O)N(CCCN1CCCC1=O)Cc1ccccc1)C(=O)CN(C(=O)CNC(=O)N(CCCC(C)C)Cc1ccccc1)C(=O)N(CCC(C)(C)C)Cc1ccccc1. The topological polar surface area (TPSA) is 221 Å². The monoisotopic (exact) mass is 1160 g/mol. The van der Waals surface area contributed by atoms with Gasteiger partial charge in [-0.15, -0.1) is 0 Å². The molecule has 12 amide bonds. The van der Waals surface area contributed by atoms with Gasteiger partial charge >= 0.3 is 30.1 Å². The number of aliphatic carboxylic acids is 1. The molecular formula is C64H87N9O11. The zero-order valence-electron chi connectivity index (χ0n) is 50.0. The van der Waals surface area contributed by atoms with Crippen LogP contribution in [0, 0.1) is 11.3 Å². The number of nitrogens with one attached hydrogen (secondary N) is 1. The molecule has 5 rings (SSSR count). The van der Waals surface area contributed by atoms with E-state index in [0.29, 0.717) is 89.2 Å². The first kappa shape index (κ1) is 66.7. The highest BCUT2D eigenvalue weighted by atomic mass is 16.5. The van der Waals surface area contributed by atoms with Crippen molar-refractivity contribution in [2.24, 2.45) is 11.3 Å². The molecule has 0 aromatic heterocycles. The van der Waals surface area contributed by atoms with Gasteiger partial charge in [-0.2, -0.15) is 0 Å². The summed E-state index contributed by atoms with van der Waals surface area (Å²) in [5, 5.41) is 13.0. The van der Waals surface area contributed by atoms with E-state index in [1.165, 1.54) is 14.7 Å². The number of hydrogen-bond donors (Lipinski definition) is 2. The lowest BCUT2D eigenvalue weighted by Crippen LogP contribution is -2.58. The molecule has 1 aliphatic rings. The highest BCUT2D eigenvalue weighted by Gasteiger charge is 2.38. The second kappa shape index (κ2) is 34.5. The van der Waals surface area contributed by atoms with Crippen molar-refractivity contribution >= 4 is 53.7 Å². The van der Waals surface area contributed by atoms with Gasteiger partial charge in [0.05, 0.1) is 6.54 Å². The maximum atomic E-state index is 15.5. The summed E-state index contributed by atoms with van der Waals surface area (Å²) >= 11 is 0. The maximum Gasteiger partial charge on any atom is 0.327 e. The Hall–Kier alpha value is -8.13. The first-order chi connectivity index (χ1) is 40.2. The first-order valence-corrected chi connectivity index (χ1v) is 29.3. The third-order valence-electron chi connectivity index (χ3n) is 14.1. The number of likely N-dealkylation sites (tertiary alicyclic amines) is 1. The molecule has 84 heavy (non-hydrogen) atoms. The van der Waals surface area contributed by atoms with Crippen LogP contribution in [0.3, 0.4) is 0 Å². The van der Waals surface area contributed by atoms with E-state index >= 15 is 19.2 Å². The number of carboxylic acid groups (broad SMARTS) is 1. The number of imide groups is 3. The Balaban J connectivity index is 1.58. The van der Waals surface area contributed by atoms with E-state index in [1.807, 2.05) is 76.2 Å². The van der Waals surface area contributed by atoms with Gasteiger partial charge in [0.1, 0.15) is 19.6 Å². The van der Waals surface area contributed by atoms with Crippen LogP contribution in [0.4, 0.5) is 19.2 Å². The van der Waals surface area contributed by atoms with Crippen LogP contribution in [0.1, 0.15) is 109 Å². The van der Waals surface area contributed by atoms with Gasteiger partial charge in [0.15, 0.2) is 0 Å². The van der Waals surface area contributed by atoms with Crippen molar-refractivity contribution < 1.29 is 53.0 Å². The normalized spacial score (nSPS) is 12.1. The maximum absolute atomic E-state index is 15.5. The fourth-order valence-corrected chi connectivity index (χ4v) is 9.48. The Kier molecular flexibility index (Phi) is 27.4. The minimum Gasteiger partial charge on any atom is -0.480 e. The molecule has 20 nitrogen and oxygen atoms in total. The summed E-state index contributed by atoms with van der Waals surface area (Å²) in [6, 6.07) is 32.5. The Morgan fingerprint density at radius 3 is 1.40 bits per heavy atom. The summed E-state index contributed by atoms with van der Waals surface area (Å²) in [6.45, 7) is 9.78. The standard InChI is InChI=1S/C64H87N9O11/c1-7-84-41-23-39-69(45-53-29-16-10-17-30-53)61(81)72(48-58(77)73(49-59(78)79)62(82)68(44-52-27-14-9-15-28-52)38-22-37-66-35-21-33-55(66)74)57(76)47-71(63(83)70(40-34-64(4,5)6)46-54-31-18-11-19-32-54)56(75)42-65-60(80)67(36-20-24-50(2)3)43-51-25-12-8-13-26-51/h8-19,25-32,50H,7,20-24,33-49H2,1-6H3,(H,65,80)(H,78,79). The molecule has 1 saturated heterocycles. The van der Waals surface area contributed by atoms with Crippen LogP contribution in [-0.2, 0) is 54.9 Å². The number of nitrogens with zero attached hydrogens (tertiary/aromatic N) is 8. The summed E-state index contributed by atoms with van der Waals surface area (Å²) in [7, 11) is 0. The molecule has 4 aromatic rings. The van der Waals surface area contributed by atoms with Crippen LogP contribution in [0.2, 0.25) is 0 Å². The predicted octanol–water partition coefficient (Wildman–Crippen LogP) is 8.95. The molecule has 1 aliphatic heterocycles. The second-order valence-corrected chi connectivity index (χ2v) is 22.7. The van der Waals surface area contributed by atoms with Crippen molar-refractivity contribution in [3.63, 3.8) is 0 Å². The third kappa shape index (κ3) is 22.9. The van der Waals surface area contributed by atoms with Crippen molar-refractivity contribution in [2.75, 3.05) is 78.7 Å². The lowest BCUT2D eigenvalue weighted by Gasteiger charge is -2.34. The number of carbonyl (C=O) groups is 9. The fourth-order valence-electron chi connectivity index (χ4n) is 9.48. The van der Waals surface area contributed by atoms with Crippen LogP contribution in [-0.4, -0.2) is 177 Å². The van der Waals surface area contributed by atoms with Crippen molar-refractivity contribution in [3.8, 4) is 0 Å². The van der Waals surface area contributed by atoms with Crippen molar-refractivity contribution in [2.45, 2.75) is 113 Å². The molecule has 2 N–H and O–H groups in total. The summed E-state index contributed by atoms with van der Waals surface area (Å²) in [4.78, 5) is 139. The predicted molar refractivity (Wildman–Crippen MR) is 319 cm³/mol. The summed E-state index contributed by atoms with van der Waals surface area (Å²) in [5.74, 6) is -4.67.